The summed E-state index contributed by atoms with van der Waals surface area (Å²) in [5, 5.41) is 0. The van der Waals surface area contributed by atoms with Gasteiger partial charge >= 0.3 is 6.36 Å². The van der Waals surface area contributed by atoms with E-state index < -0.39 is 6.36 Å². The molecule has 21 heavy (non-hydrogen) atoms. The summed E-state index contributed by atoms with van der Waals surface area (Å²) in [6.45, 7) is 1.67. The first kappa shape index (κ1) is 15.4. The van der Waals surface area contributed by atoms with E-state index in [9.17, 15) is 13.2 Å². The fraction of sp³-hybridized carbons (Fsp3) is 0.167. The fourth-order valence-corrected chi connectivity index (χ4v) is 1.85. The van der Waals surface area contributed by atoms with Crippen molar-refractivity contribution in [2.24, 2.45) is 0 Å². The van der Waals surface area contributed by atoms with Crippen LogP contribution in [0.2, 0.25) is 0 Å². The van der Waals surface area contributed by atoms with Crippen LogP contribution in [-0.2, 0) is 0 Å². The van der Waals surface area contributed by atoms with Gasteiger partial charge < -0.3 is 15.2 Å². The number of ether oxygens (including phenoxy) is 2. The first-order valence-electron chi connectivity index (χ1n) is 5.56. The van der Waals surface area contributed by atoms with Crippen LogP contribution in [0.25, 0.3) is 0 Å². The normalized spacial score (nSPS) is 11.3. The molecule has 0 aliphatic rings. The van der Waals surface area contributed by atoms with Crippen molar-refractivity contribution in [2.75, 3.05) is 5.73 Å². The van der Waals surface area contributed by atoms with Crippen LogP contribution in [0, 0.1) is 6.92 Å². The minimum atomic E-state index is -4.76. The molecule has 2 N–H and O–H groups in total. The zero-order valence-electron chi connectivity index (χ0n) is 10.6. The van der Waals surface area contributed by atoms with E-state index in [2.05, 4.69) is 30.6 Å². The van der Waals surface area contributed by atoms with Gasteiger partial charge in [0.25, 0.3) is 0 Å². The van der Waals surface area contributed by atoms with Gasteiger partial charge in [-0.1, -0.05) is 0 Å². The van der Waals surface area contributed by atoms with Crippen molar-refractivity contribution in [3.63, 3.8) is 0 Å². The first-order chi connectivity index (χ1) is 9.76. The van der Waals surface area contributed by atoms with Crippen molar-refractivity contribution in [3.05, 3.63) is 34.6 Å². The second-order valence-corrected chi connectivity index (χ2v) is 4.79. The minimum absolute atomic E-state index is 0.0945. The van der Waals surface area contributed by atoms with Crippen molar-refractivity contribution < 1.29 is 22.6 Å². The summed E-state index contributed by atoms with van der Waals surface area (Å²) >= 11 is 2.98. The number of benzene rings is 1. The summed E-state index contributed by atoms with van der Waals surface area (Å²) in [4.78, 5) is 7.69. The SMILES string of the molecule is Cc1c(N)ncnc1Oc1ccc(OC(F)(F)F)c(Br)c1. The maximum atomic E-state index is 12.2. The third kappa shape index (κ3) is 3.97. The number of anilines is 1. The van der Waals surface area contributed by atoms with Crippen molar-refractivity contribution in [2.45, 2.75) is 13.3 Å². The summed E-state index contributed by atoms with van der Waals surface area (Å²) in [6.07, 6.45) is -3.53. The summed E-state index contributed by atoms with van der Waals surface area (Å²) in [6, 6.07) is 3.79. The fourth-order valence-electron chi connectivity index (χ4n) is 1.41. The van der Waals surface area contributed by atoms with Gasteiger partial charge in [0.05, 0.1) is 10.0 Å². The topological polar surface area (TPSA) is 70.3 Å². The van der Waals surface area contributed by atoms with Crippen molar-refractivity contribution in [1.82, 2.24) is 9.97 Å². The standard InChI is InChI=1S/C12H9BrF3N3O2/c1-6-10(17)18-5-19-11(6)20-7-2-3-9(8(13)4-7)21-12(14,15)16/h2-5H,1H3,(H2,17,18,19). The monoisotopic (exact) mass is 363 g/mol. The number of nitrogens with zero attached hydrogens (tertiary/aromatic N) is 2. The largest absolute Gasteiger partial charge is 0.573 e. The van der Waals surface area contributed by atoms with Gasteiger partial charge in [-0.2, -0.15) is 0 Å². The van der Waals surface area contributed by atoms with E-state index in [4.69, 9.17) is 10.5 Å². The van der Waals surface area contributed by atoms with E-state index >= 15 is 0 Å². The van der Waals surface area contributed by atoms with Gasteiger partial charge in [0.1, 0.15) is 23.6 Å². The molecule has 1 aromatic heterocycles. The molecule has 0 fully saturated rings. The molecule has 0 saturated heterocycles. The Balaban J connectivity index is 2.23. The van der Waals surface area contributed by atoms with Crippen LogP contribution in [0.3, 0.4) is 0 Å². The third-order valence-corrected chi connectivity index (χ3v) is 3.04. The van der Waals surface area contributed by atoms with Crippen molar-refractivity contribution in [3.8, 4) is 17.4 Å². The van der Waals surface area contributed by atoms with Crippen molar-refractivity contribution >= 4 is 21.7 Å². The smallest absolute Gasteiger partial charge is 0.439 e. The van der Waals surface area contributed by atoms with E-state index in [1.165, 1.54) is 18.5 Å². The molecule has 0 spiro atoms. The number of nitrogens with two attached hydrogens (primary N) is 1. The highest BCUT2D eigenvalue weighted by molar-refractivity contribution is 9.10. The summed E-state index contributed by atoms with van der Waals surface area (Å²) in [5.74, 6) is 0.390. The molecular formula is C12H9BrF3N3O2. The number of hydrogen-bond acceptors (Lipinski definition) is 5. The van der Waals surface area contributed by atoms with Gasteiger partial charge in [-0.3, -0.25) is 0 Å². The Morgan fingerprint density at radius 2 is 1.95 bits per heavy atom. The second-order valence-electron chi connectivity index (χ2n) is 3.93. The molecule has 0 saturated carbocycles. The zero-order valence-corrected chi connectivity index (χ0v) is 12.2. The van der Waals surface area contributed by atoms with E-state index in [1.54, 1.807) is 6.92 Å². The predicted octanol–water partition coefficient (Wildman–Crippen LogP) is 3.82. The lowest BCUT2D eigenvalue weighted by atomic mass is 10.3. The molecule has 1 heterocycles. The number of hydrogen-bond donors (Lipinski definition) is 1. The molecule has 9 heteroatoms. The number of rotatable bonds is 3. The Hall–Kier alpha value is -2.03. The van der Waals surface area contributed by atoms with Gasteiger partial charge in [-0.05, 0) is 41.1 Å². The third-order valence-electron chi connectivity index (χ3n) is 2.42. The highest BCUT2D eigenvalue weighted by atomic mass is 79.9. The quantitative estimate of drug-likeness (QED) is 0.897. The highest BCUT2D eigenvalue weighted by Gasteiger charge is 2.32. The van der Waals surface area contributed by atoms with Crippen LogP contribution in [-0.4, -0.2) is 16.3 Å². The van der Waals surface area contributed by atoms with Crippen LogP contribution >= 0.6 is 15.9 Å². The molecule has 0 aliphatic carbocycles. The lowest BCUT2D eigenvalue weighted by Crippen LogP contribution is -2.17. The minimum Gasteiger partial charge on any atom is -0.439 e. The van der Waals surface area contributed by atoms with Crippen molar-refractivity contribution in [1.29, 1.82) is 0 Å². The van der Waals surface area contributed by atoms with Crippen LogP contribution in [0.5, 0.6) is 17.4 Å². The summed E-state index contributed by atoms with van der Waals surface area (Å²) in [7, 11) is 0. The van der Waals surface area contributed by atoms with Gasteiger partial charge in [0.15, 0.2) is 0 Å². The second kappa shape index (κ2) is 5.76. The number of alkyl halides is 3. The average molecular weight is 364 g/mol. The van der Waals surface area contributed by atoms with Gasteiger partial charge in [0, 0.05) is 0 Å². The molecule has 1 aromatic carbocycles. The molecule has 2 aromatic rings. The van der Waals surface area contributed by atoms with Crippen LogP contribution < -0.4 is 15.2 Å². The Morgan fingerprint density at radius 3 is 2.57 bits per heavy atom. The van der Waals surface area contributed by atoms with E-state index in [-0.39, 0.29) is 27.7 Å². The Kier molecular flexibility index (Phi) is 4.21. The van der Waals surface area contributed by atoms with Crippen LogP contribution in [0.4, 0.5) is 19.0 Å². The highest BCUT2D eigenvalue weighted by Crippen LogP contribution is 2.35. The van der Waals surface area contributed by atoms with Gasteiger partial charge in [-0.15, -0.1) is 13.2 Å². The Labute approximate surface area is 126 Å². The van der Waals surface area contributed by atoms with E-state index in [1.807, 2.05) is 0 Å². The van der Waals surface area contributed by atoms with Crippen LogP contribution in [0.1, 0.15) is 5.56 Å². The maximum absolute atomic E-state index is 12.2. The Morgan fingerprint density at radius 1 is 1.24 bits per heavy atom. The first-order valence-corrected chi connectivity index (χ1v) is 6.36. The van der Waals surface area contributed by atoms with E-state index in [0.29, 0.717) is 5.56 Å². The number of halogens is 4. The molecule has 0 bridgehead atoms. The molecule has 2 rings (SSSR count). The maximum Gasteiger partial charge on any atom is 0.573 e. The van der Waals surface area contributed by atoms with E-state index in [0.717, 1.165) is 6.07 Å². The lowest BCUT2D eigenvalue weighted by Gasteiger charge is -2.12. The molecule has 112 valence electrons. The number of nitrogen functional groups attached to an aromatic ring is 1. The van der Waals surface area contributed by atoms with Crippen LogP contribution in [0.15, 0.2) is 29.0 Å². The lowest BCUT2D eigenvalue weighted by molar-refractivity contribution is -0.274. The molecule has 0 amide bonds. The predicted molar refractivity (Wildman–Crippen MR) is 72.1 cm³/mol. The molecule has 5 nitrogen and oxygen atoms in total. The molecular weight excluding hydrogens is 355 g/mol. The molecule has 0 atom stereocenters. The van der Waals surface area contributed by atoms with Gasteiger partial charge in [0.2, 0.25) is 5.88 Å². The molecule has 0 aliphatic heterocycles. The molecule has 0 radical (unpaired) electrons. The summed E-state index contributed by atoms with van der Waals surface area (Å²) < 4.78 is 45.9. The zero-order chi connectivity index (χ0) is 15.6. The Bertz CT molecular complexity index is 665. The summed E-state index contributed by atoms with van der Waals surface area (Å²) in [5.41, 5.74) is 6.14. The molecule has 0 unspecified atom stereocenters. The van der Waals surface area contributed by atoms with Gasteiger partial charge in [-0.25, -0.2) is 9.97 Å². The number of aromatic nitrogens is 2. The average Bonchev–Trinajstić information content (AvgIpc) is 2.37.